The molecule has 0 aliphatic carbocycles. The second kappa shape index (κ2) is 8.82. The Labute approximate surface area is 164 Å². The molecule has 0 saturated heterocycles. The summed E-state index contributed by atoms with van der Waals surface area (Å²) in [5.74, 6) is -6.90. The number of rotatable bonds is 6. The summed E-state index contributed by atoms with van der Waals surface area (Å²) in [4.78, 5) is 4.04. The molecule has 148 valence electrons. The van der Waals surface area contributed by atoms with Crippen LogP contribution >= 0.6 is 0 Å². The van der Waals surface area contributed by atoms with E-state index in [1.54, 1.807) is 0 Å². The van der Waals surface area contributed by atoms with Crippen molar-refractivity contribution in [2.24, 2.45) is 4.99 Å². The number of aryl methyl sites for hydroxylation is 1. The lowest BCUT2D eigenvalue weighted by molar-refractivity contribution is 0.447. The lowest BCUT2D eigenvalue weighted by Gasteiger charge is -2.08. The average molecular weight is 401 g/mol. The van der Waals surface area contributed by atoms with Crippen LogP contribution in [-0.4, -0.2) is 6.21 Å². The van der Waals surface area contributed by atoms with Crippen molar-refractivity contribution in [1.82, 2.24) is 0 Å². The van der Waals surface area contributed by atoms with Gasteiger partial charge in [0.2, 0.25) is 0 Å². The summed E-state index contributed by atoms with van der Waals surface area (Å²) >= 11 is 0. The molecule has 0 heterocycles. The summed E-state index contributed by atoms with van der Waals surface area (Å²) in [5, 5.41) is 0. The zero-order chi connectivity index (χ0) is 21.0. The van der Waals surface area contributed by atoms with Gasteiger partial charge in [0.25, 0.3) is 0 Å². The number of aliphatic imine (C=N–C) groups is 1. The van der Waals surface area contributed by atoms with E-state index in [2.05, 4.69) is 11.6 Å². The van der Waals surface area contributed by atoms with Crippen LogP contribution in [0.15, 0.2) is 66.2 Å². The zero-order valence-corrected chi connectivity index (χ0v) is 15.2. The van der Waals surface area contributed by atoms with Crippen molar-refractivity contribution in [2.75, 3.05) is 0 Å². The van der Waals surface area contributed by atoms with Gasteiger partial charge in [-0.25, -0.2) is 22.0 Å². The molecule has 0 N–H and O–H groups in total. The van der Waals surface area contributed by atoms with E-state index in [1.165, 1.54) is 6.21 Å². The first-order chi connectivity index (χ1) is 13.9. The highest BCUT2D eigenvalue weighted by atomic mass is 19.2. The molecule has 0 aliphatic rings. The van der Waals surface area contributed by atoms with Gasteiger partial charge in [-0.1, -0.05) is 30.3 Å². The molecule has 0 radical (unpaired) electrons. The van der Waals surface area contributed by atoms with Crippen LogP contribution in [0.3, 0.4) is 0 Å². The molecule has 0 bridgehead atoms. The van der Waals surface area contributed by atoms with Crippen LogP contribution < -0.4 is 0 Å². The van der Waals surface area contributed by atoms with E-state index in [-0.39, 0.29) is 5.69 Å². The van der Waals surface area contributed by atoms with Crippen molar-refractivity contribution in [1.29, 1.82) is 0 Å². The maximum Gasteiger partial charge on any atom is 0.194 e. The Hall–Kier alpha value is -3.28. The highest BCUT2D eigenvalue weighted by Gasteiger charge is 2.18. The quantitative estimate of drug-likeness (QED) is 0.184. The number of halogens is 5. The fourth-order valence-corrected chi connectivity index (χ4v) is 2.80. The molecule has 1 nitrogen and oxygen atoms in total. The van der Waals surface area contributed by atoms with Crippen LogP contribution in [0, 0.1) is 29.1 Å². The van der Waals surface area contributed by atoms with Gasteiger partial charge in [0.15, 0.2) is 17.5 Å². The number of hydrogen-bond donors (Lipinski definition) is 0. The highest BCUT2D eigenvalue weighted by Crippen LogP contribution is 2.31. The Bertz CT molecular complexity index is 1030. The number of allylic oxidation sites excluding steroid dienone is 1. The van der Waals surface area contributed by atoms with E-state index >= 15 is 0 Å². The maximum absolute atomic E-state index is 14.4. The third-order valence-electron chi connectivity index (χ3n) is 4.28. The highest BCUT2D eigenvalue weighted by molar-refractivity contribution is 5.82. The van der Waals surface area contributed by atoms with Crippen LogP contribution in [0.2, 0.25) is 0 Å². The lowest BCUT2D eigenvalue weighted by atomic mass is 10.0. The van der Waals surface area contributed by atoms with Crippen LogP contribution in [0.5, 0.6) is 0 Å². The molecular weight excluding hydrogens is 385 g/mol. The third kappa shape index (κ3) is 4.77. The fraction of sp³-hybridized carbons (Fsp3) is 0.0870. The van der Waals surface area contributed by atoms with Gasteiger partial charge in [0.05, 0.1) is 11.3 Å². The van der Waals surface area contributed by atoms with Crippen LogP contribution in [0.1, 0.15) is 17.5 Å². The normalized spacial score (nSPS) is 11.2. The molecule has 3 aromatic carbocycles. The van der Waals surface area contributed by atoms with Crippen LogP contribution in [0.4, 0.5) is 27.6 Å². The zero-order valence-electron chi connectivity index (χ0n) is 15.2. The molecular formula is C23H16F5N. The Morgan fingerprint density at radius 2 is 1.38 bits per heavy atom. The van der Waals surface area contributed by atoms with E-state index in [0.717, 1.165) is 36.1 Å². The minimum Gasteiger partial charge on any atom is -0.256 e. The van der Waals surface area contributed by atoms with E-state index in [9.17, 15) is 22.0 Å². The molecule has 6 heteroatoms. The number of nitrogens with zero attached hydrogens (tertiary/aromatic N) is 1. The van der Waals surface area contributed by atoms with E-state index in [0.29, 0.717) is 12.1 Å². The summed E-state index contributed by atoms with van der Waals surface area (Å²) in [7, 11) is 0. The Morgan fingerprint density at radius 1 is 0.793 bits per heavy atom. The molecule has 0 amide bonds. The van der Waals surface area contributed by atoms with E-state index in [1.807, 2.05) is 30.3 Å². The number of hydrogen-bond acceptors (Lipinski definition) is 1. The first kappa shape index (κ1) is 20.5. The Balaban J connectivity index is 1.86. The molecule has 0 aromatic heterocycles. The van der Waals surface area contributed by atoms with Crippen molar-refractivity contribution < 1.29 is 22.0 Å². The minimum atomic E-state index is -1.70. The van der Waals surface area contributed by atoms with Gasteiger partial charge in [-0.15, -0.1) is 6.58 Å². The van der Waals surface area contributed by atoms with Crippen molar-refractivity contribution in [3.8, 4) is 11.1 Å². The second-order valence-corrected chi connectivity index (χ2v) is 6.37. The maximum atomic E-state index is 14.4. The summed E-state index contributed by atoms with van der Waals surface area (Å²) in [6.45, 7) is 3.67. The van der Waals surface area contributed by atoms with Crippen LogP contribution in [-0.2, 0) is 6.42 Å². The molecule has 3 aromatic rings. The molecule has 29 heavy (non-hydrogen) atoms. The van der Waals surface area contributed by atoms with Gasteiger partial charge in [-0.05, 0) is 41.7 Å². The van der Waals surface area contributed by atoms with Crippen molar-refractivity contribution in [3.63, 3.8) is 0 Å². The second-order valence-electron chi connectivity index (χ2n) is 6.37. The molecule has 3 rings (SSSR count). The molecule has 0 saturated carbocycles. The SMILES string of the molecule is C=CCCc1ccc(C=Nc2cc(F)c(-c3cc(F)c(F)c(F)c3)c(F)c2)cc1. The monoisotopic (exact) mass is 401 g/mol. The lowest BCUT2D eigenvalue weighted by Crippen LogP contribution is -1.96. The molecule has 0 fully saturated rings. The average Bonchev–Trinajstić information content (AvgIpc) is 2.69. The molecule has 0 atom stereocenters. The Kier molecular flexibility index (Phi) is 6.22. The fourth-order valence-electron chi connectivity index (χ4n) is 2.80. The molecule has 0 unspecified atom stereocenters. The summed E-state index contributed by atoms with van der Waals surface area (Å²) in [6.07, 6.45) is 5.00. The summed E-state index contributed by atoms with van der Waals surface area (Å²) in [6, 6.07) is 10.5. The first-order valence-corrected chi connectivity index (χ1v) is 8.77. The summed E-state index contributed by atoms with van der Waals surface area (Å²) < 4.78 is 68.6. The predicted octanol–water partition coefficient (Wildman–Crippen LogP) is 6.92. The van der Waals surface area contributed by atoms with Gasteiger partial charge < -0.3 is 0 Å². The minimum absolute atomic E-state index is 0.0115. The topological polar surface area (TPSA) is 12.4 Å². The van der Waals surface area contributed by atoms with Crippen LogP contribution in [0.25, 0.3) is 11.1 Å². The summed E-state index contributed by atoms with van der Waals surface area (Å²) in [5.41, 5.74) is 0.750. The van der Waals surface area contributed by atoms with Gasteiger partial charge >= 0.3 is 0 Å². The van der Waals surface area contributed by atoms with Gasteiger partial charge in [-0.2, -0.15) is 0 Å². The van der Waals surface area contributed by atoms with Crippen molar-refractivity contribution in [2.45, 2.75) is 12.8 Å². The standard InChI is InChI=1S/C23H16F5N/c1-2-3-4-14-5-7-15(8-6-14)13-29-17-11-18(24)22(19(25)12-17)16-9-20(26)23(28)21(27)10-16/h2,5-13H,1,3-4H2. The Morgan fingerprint density at radius 3 is 1.93 bits per heavy atom. The van der Waals surface area contributed by atoms with Gasteiger partial charge in [0, 0.05) is 18.3 Å². The van der Waals surface area contributed by atoms with Crippen molar-refractivity contribution >= 4 is 11.9 Å². The van der Waals surface area contributed by atoms with Crippen molar-refractivity contribution in [3.05, 3.63) is 101 Å². The third-order valence-corrected chi connectivity index (χ3v) is 4.28. The molecule has 0 spiro atoms. The number of benzene rings is 3. The van der Waals surface area contributed by atoms with E-state index < -0.39 is 40.2 Å². The predicted molar refractivity (Wildman–Crippen MR) is 104 cm³/mol. The first-order valence-electron chi connectivity index (χ1n) is 8.77. The largest absolute Gasteiger partial charge is 0.256 e. The van der Waals surface area contributed by atoms with Gasteiger partial charge in [-0.3, -0.25) is 4.99 Å². The molecule has 0 aliphatic heterocycles. The smallest absolute Gasteiger partial charge is 0.194 e. The van der Waals surface area contributed by atoms with E-state index in [4.69, 9.17) is 0 Å². The van der Waals surface area contributed by atoms with Gasteiger partial charge in [0.1, 0.15) is 11.6 Å².